The maximum absolute atomic E-state index is 10.7. The Kier molecular flexibility index (Phi) is 3.24. The van der Waals surface area contributed by atoms with Crippen LogP contribution in [0.1, 0.15) is 17.5 Å². The average molecular weight is 189 g/mol. The maximum atomic E-state index is 10.7. The van der Waals surface area contributed by atoms with Crippen LogP contribution in [0.15, 0.2) is 18.2 Å². The maximum Gasteiger partial charge on any atom is 0.272 e. The predicted molar refractivity (Wildman–Crippen MR) is 55.0 cm³/mol. The molecule has 1 aromatic carbocycles. The molecule has 0 atom stereocenters. The average Bonchev–Trinajstić information content (AvgIpc) is 2.14. The van der Waals surface area contributed by atoms with Crippen LogP contribution in [0.3, 0.4) is 0 Å². The smallest absolute Gasteiger partial charge is 0.258 e. The van der Waals surface area contributed by atoms with Gasteiger partial charge in [-0.05, 0) is 19.4 Å². The minimum absolute atomic E-state index is 0.158. The Labute approximate surface area is 82.9 Å². The van der Waals surface area contributed by atoms with E-state index in [1.165, 1.54) is 6.07 Å². The number of nitro groups is 1. The molecule has 0 aliphatic rings. The van der Waals surface area contributed by atoms with E-state index in [4.69, 9.17) is 6.42 Å². The second-order valence-electron chi connectivity index (χ2n) is 3.09. The molecule has 1 rings (SSSR count). The molecule has 0 heterocycles. The molecule has 0 bridgehead atoms. The van der Waals surface area contributed by atoms with Gasteiger partial charge in [0.05, 0.1) is 4.92 Å². The summed E-state index contributed by atoms with van der Waals surface area (Å²) in [5.41, 5.74) is 1.89. The zero-order chi connectivity index (χ0) is 10.6. The molecule has 0 radical (unpaired) electrons. The summed E-state index contributed by atoms with van der Waals surface area (Å²) in [6.07, 6.45) is 6.22. The van der Waals surface area contributed by atoms with Crippen LogP contribution in [0.2, 0.25) is 0 Å². The molecular formula is C11H11NO2. The molecular weight excluding hydrogens is 178 g/mol. The van der Waals surface area contributed by atoms with E-state index in [-0.39, 0.29) is 10.6 Å². The standard InChI is InChI=1S/C11H11NO2/c1-3-4-5-10-8-9(2)6-7-11(10)12(13)14/h1,6-8H,4-5H2,2H3. The summed E-state index contributed by atoms with van der Waals surface area (Å²) in [4.78, 5) is 10.3. The van der Waals surface area contributed by atoms with Crippen LogP contribution in [-0.2, 0) is 6.42 Å². The van der Waals surface area contributed by atoms with Gasteiger partial charge in [0.1, 0.15) is 0 Å². The van der Waals surface area contributed by atoms with Crippen molar-refractivity contribution in [3.8, 4) is 12.3 Å². The summed E-state index contributed by atoms with van der Waals surface area (Å²) in [6, 6.07) is 5.08. The first-order valence-electron chi connectivity index (χ1n) is 4.32. The first-order valence-corrected chi connectivity index (χ1v) is 4.32. The molecule has 0 saturated carbocycles. The van der Waals surface area contributed by atoms with Crippen molar-refractivity contribution in [2.45, 2.75) is 19.8 Å². The second kappa shape index (κ2) is 4.43. The zero-order valence-corrected chi connectivity index (χ0v) is 7.99. The van der Waals surface area contributed by atoms with Crippen molar-refractivity contribution in [2.24, 2.45) is 0 Å². The van der Waals surface area contributed by atoms with E-state index in [1.54, 1.807) is 6.07 Å². The minimum Gasteiger partial charge on any atom is -0.258 e. The van der Waals surface area contributed by atoms with Gasteiger partial charge in [-0.25, -0.2) is 0 Å². The number of nitro benzene ring substituents is 1. The normalized spacial score (nSPS) is 9.43. The Morgan fingerprint density at radius 1 is 1.57 bits per heavy atom. The van der Waals surface area contributed by atoms with E-state index in [9.17, 15) is 10.1 Å². The molecule has 0 spiro atoms. The Hall–Kier alpha value is -1.82. The van der Waals surface area contributed by atoms with Crippen molar-refractivity contribution in [1.29, 1.82) is 0 Å². The Morgan fingerprint density at radius 2 is 2.29 bits per heavy atom. The summed E-state index contributed by atoms with van der Waals surface area (Å²) < 4.78 is 0. The first-order chi connectivity index (χ1) is 6.65. The zero-order valence-electron chi connectivity index (χ0n) is 7.99. The summed E-state index contributed by atoms with van der Waals surface area (Å²) in [5, 5.41) is 10.7. The Morgan fingerprint density at radius 3 is 2.86 bits per heavy atom. The van der Waals surface area contributed by atoms with E-state index in [1.807, 2.05) is 13.0 Å². The van der Waals surface area contributed by atoms with Gasteiger partial charge in [-0.15, -0.1) is 12.3 Å². The number of aryl methyl sites for hydroxylation is 2. The lowest BCUT2D eigenvalue weighted by atomic mass is 10.1. The van der Waals surface area contributed by atoms with Gasteiger partial charge in [0, 0.05) is 18.1 Å². The van der Waals surface area contributed by atoms with E-state index in [2.05, 4.69) is 5.92 Å². The largest absolute Gasteiger partial charge is 0.272 e. The van der Waals surface area contributed by atoms with Crippen LogP contribution in [0, 0.1) is 29.4 Å². The molecule has 0 aliphatic heterocycles. The van der Waals surface area contributed by atoms with Gasteiger partial charge in [-0.1, -0.05) is 11.6 Å². The molecule has 0 unspecified atom stereocenters. The van der Waals surface area contributed by atoms with Gasteiger partial charge in [-0.2, -0.15) is 0 Å². The topological polar surface area (TPSA) is 43.1 Å². The summed E-state index contributed by atoms with van der Waals surface area (Å²) in [7, 11) is 0. The van der Waals surface area contributed by atoms with Crippen molar-refractivity contribution >= 4 is 5.69 Å². The molecule has 0 saturated heterocycles. The van der Waals surface area contributed by atoms with Crippen molar-refractivity contribution in [2.75, 3.05) is 0 Å². The number of benzene rings is 1. The van der Waals surface area contributed by atoms with Crippen molar-refractivity contribution in [3.63, 3.8) is 0 Å². The Bertz CT molecular complexity index is 391. The molecule has 0 amide bonds. The van der Waals surface area contributed by atoms with Crippen molar-refractivity contribution in [1.82, 2.24) is 0 Å². The van der Waals surface area contributed by atoms with Crippen LogP contribution in [-0.4, -0.2) is 4.92 Å². The molecule has 0 aliphatic carbocycles. The van der Waals surface area contributed by atoms with Crippen LogP contribution >= 0.6 is 0 Å². The van der Waals surface area contributed by atoms with Gasteiger partial charge in [0.2, 0.25) is 0 Å². The highest BCUT2D eigenvalue weighted by atomic mass is 16.6. The monoisotopic (exact) mass is 189 g/mol. The van der Waals surface area contributed by atoms with E-state index in [0.717, 1.165) is 5.56 Å². The number of nitrogens with zero attached hydrogens (tertiary/aromatic N) is 1. The number of hydrogen-bond donors (Lipinski definition) is 0. The fourth-order valence-electron chi connectivity index (χ4n) is 1.30. The van der Waals surface area contributed by atoms with E-state index in [0.29, 0.717) is 18.4 Å². The molecule has 72 valence electrons. The summed E-state index contributed by atoms with van der Waals surface area (Å²) in [6.45, 7) is 1.91. The molecule has 3 nitrogen and oxygen atoms in total. The van der Waals surface area contributed by atoms with Crippen molar-refractivity contribution < 1.29 is 4.92 Å². The van der Waals surface area contributed by atoms with Crippen molar-refractivity contribution in [3.05, 3.63) is 39.4 Å². The van der Waals surface area contributed by atoms with E-state index >= 15 is 0 Å². The third-order valence-electron chi connectivity index (χ3n) is 1.97. The molecule has 14 heavy (non-hydrogen) atoms. The summed E-state index contributed by atoms with van der Waals surface area (Å²) in [5.74, 6) is 2.48. The molecule has 3 heteroatoms. The summed E-state index contributed by atoms with van der Waals surface area (Å²) >= 11 is 0. The first kappa shape index (κ1) is 10.3. The van der Waals surface area contributed by atoms with Gasteiger partial charge in [-0.3, -0.25) is 10.1 Å². The third kappa shape index (κ3) is 2.33. The molecule has 1 aromatic rings. The number of terminal acetylenes is 1. The highest BCUT2D eigenvalue weighted by molar-refractivity contribution is 5.42. The lowest BCUT2D eigenvalue weighted by molar-refractivity contribution is -0.385. The molecule has 0 N–H and O–H groups in total. The van der Waals surface area contributed by atoms with Crippen LogP contribution < -0.4 is 0 Å². The minimum atomic E-state index is -0.370. The predicted octanol–water partition coefficient (Wildman–Crippen LogP) is 2.47. The fraction of sp³-hybridized carbons (Fsp3) is 0.273. The highest BCUT2D eigenvalue weighted by Crippen LogP contribution is 2.20. The molecule has 0 aromatic heterocycles. The van der Waals surface area contributed by atoms with Gasteiger partial charge >= 0.3 is 0 Å². The molecule has 0 fully saturated rings. The number of rotatable bonds is 3. The fourth-order valence-corrected chi connectivity index (χ4v) is 1.30. The second-order valence-corrected chi connectivity index (χ2v) is 3.09. The van der Waals surface area contributed by atoms with Gasteiger partial charge in [0.15, 0.2) is 0 Å². The van der Waals surface area contributed by atoms with Crippen LogP contribution in [0.25, 0.3) is 0 Å². The lowest BCUT2D eigenvalue weighted by Crippen LogP contribution is -1.95. The van der Waals surface area contributed by atoms with Crippen LogP contribution in [0.5, 0.6) is 0 Å². The lowest BCUT2D eigenvalue weighted by Gasteiger charge is -2.01. The quantitative estimate of drug-likeness (QED) is 0.416. The Balaban J connectivity index is 3.04. The van der Waals surface area contributed by atoms with Crippen LogP contribution in [0.4, 0.5) is 5.69 Å². The number of hydrogen-bond acceptors (Lipinski definition) is 2. The van der Waals surface area contributed by atoms with Gasteiger partial charge < -0.3 is 0 Å². The van der Waals surface area contributed by atoms with E-state index < -0.39 is 0 Å². The highest BCUT2D eigenvalue weighted by Gasteiger charge is 2.11. The third-order valence-corrected chi connectivity index (χ3v) is 1.97. The van der Waals surface area contributed by atoms with Gasteiger partial charge in [0.25, 0.3) is 5.69 Å². The SMILES string of the molecule is C#CCCc1cc(C)ccc1[N+](=O)[O-].